The summed E-state index contributed by atoms with van der Waals surface area (Å²) in [5.74, 6) is -0.790. The Labute approximate surface area is 152 Å². The number of rotatable bonds is 6. The third-order valence-electron chi connectivity index (χ3n) is 3.49. The number of benzene rings is 1. The lowest BCUT2D eigenvalue weighted by atomic mass is 10.1. The molecule has 25 heavy (non-hydrogen) atoms. The van der Waals surface area contributed by atoms with Gasteiger partial charge in [0, 0.05) is 15.5 Å². The third kappa shape index (κ3) is 4.15. The summed E-state index contributed by atoms with van der Waals surface area (Å²) >= 11 is 7.18. The summed E-state index contributed by atoms with van der Waals surface area (Å²) in [4.78, 5) is 25.5. The van der Waals surface area contributed by atoms with Crippen LogP contribution in [-0.2, 0) is 17.8 Å². The molecule has 0 saturated carbocycles. The zero-order valence-electron chi connectivity index (χ0n) is 12.9. The molecule has 0 bridgehead atoms. The molecule has 2 heterocycles. The number of carbonyl (C=O) groups excluding carboxylic acids is 2. The zero-order chi connectivity index (χ0) is 17.8. The van der Waals surface area contributed by atoms with Crippen molar-refractivity contribution < 1.29 is 18.4 Å². The average Bonchev–Trinajstić information content (AvgIpc) is 3.27. The molecule has 0 aliphatic heterocycles. The number of thiophene rings is 1. The van der Waals surface area contributed by atoms with E-state index in [0.29, 0.717) is 4.88 Å². The van der Waals surface area contributed by atoms with Crippen molar-refractivity contribution in [3.63, 3.8) is 0 Å². The molecule has 4 nitrogen and oxygen atoms in total. The summed E-state index contributed by atoms with van der Waals surface area (Å²) < 4.78 is 18.8. The average molecular weight is 378 g/mol. The van der Waals surface area contributed by atoms with Gasteiger partial charge in [0.2, 0.25) is 11.7 Å². The summed E-state index contributed by atoms with van der Waals surface area (Å²) in [6.45, 7) is 0.251. The van der Waals surface area contributed by atoms with Crippen LogP contribution in [0.3, 0.4) is 0 Å². The summed E-state index contributed by atoms with van der Waals surface area (Å²) in [5, 5.41) is 2.92. The van der Waals surface area contributed by atoms with Crippen LogP contribution >= 0.6 is 22.9 Å². The number of hydrogen-bond acceptors (Lipinski definition) is 4. The molecule has 0 atom stereocenters. The predicted molar refractivity (Wildman–Crippen MR) is 93.4 cm³/mol. The number of hydrogen-bond donors (Lipinski definition) is 1. The lowest BCUT2D eigenvalue weighted by Gasteiger charge is -2.06. The largest absolute Gasteiger partial charge is 0.461 e. The fourth-order valence-corrected chi connectivity index (χ4v) is 3.36. The first-order chi connectivity index (χ1) is 12.0. The highest BCUT2D eigenvalue weighted by Gasteiger charge is 2.15. The highest BCUT2D eigenvalue weighted by molar-refractivity contribution is 7.14. The number of ketones is 1. The van der Waals surface area contributed by atoms with Crippen LogP contribution in [0, 0.1) is 5.82 Å². The number of amides is 1. The molecule has 0 aliphatic carbocycles. The van der Waals surface area contributed by atoms with E-state index in [1.54, 1.807) is 30.3 Å². The summed E-state index contributed by atoms with van der Waals surface area (Å²) in [6.07, 6.45) is 1.30. The van der Waals surface area contributed by atoms with Crippen LogP contribution in [0.1, 0.15) is 25.9 Å². The van der Waals surface area contributed by atoms with Crippen LogP contribution in [-0.4, -0.2) is 11.7 Å². The van der Waals surface area contributed by atoms with E-state index >= 15 is 0 Å². The molecule has 2 aromatic heterocycles. The highest BCUT2D eigenvalue weighted by Crippen LogP contribution is 2.21. The lowest BCUT2D eigenvalue weighted by molar-refractivity contribution is -0.120. The Hall–Kier alpha value is -2.44. The van der Waals surface area contributed by atoms with Crippen LogP contribution < -0.4 is 5.32 Å². The van der Waals surface area contributed by atoms with E-state index in [1.807, 2.05) is 0 Å². The number of halogens is 2. The first-order valence-electron chi connectivity index (χ1n) is 7.41. The van der Waals surface area contributed by atoms with Crippen LogP contribution in [0.5, 0.6) is 0 Å². The van der Waals surface area contributed by atoms with Gasteiger partial charge in [-0.2, -0.15) is 0 Å². The lowest BCUT2D eigenvalue weighted by Crippen LogP contribution is -2.24. The van der Waals surface area contributed by atoms with Crippen molar-refractivity contribution in [3.8, 4) is 0 Å². The minimum atomic E-state index is -0.509. The number of furan rings is 1. The molecule has 7 heteroatoms. The predicted octanol–water partition coefficient (Wildman–Crippen LogP) is 4.22. The van der Waals surface area contributed by atoms with E-state index < -0.39 is 5.82 Å². The van der Waals surface area contributed by atoms with Gasteiger partial charge in [-0.25, -0.2) is 4.39 Å². The summed E-state index contributed by atoms with van der Waals surface area (Å²) in [6, 6.07) is 11.0. The molecular formula is C18H13ClFNO3S. The first kappa shape index (κ1) is 17.4. The Balaban J connectivity index is 1.59. The summed E-state index contributed by atoms with van der Waals surface area (Å²) in [7, 11) is 0. The molecule has 0 aliphatic rings. The van der Waals surface area contributed by atoms with Gasteiger partial charge in [0.05, 0.1) is 24.1 Å². The van der Waals surface area contributed by atoms with Gasteiger partial charge in [0.15, 0.2) is 5.76 Å². The van der Waals surface area contributed by atoms with Gasteiger partial charge in [-0.3, -0.25) is 9.59 Å². The molecule has 0 fully saturated rings. The fourth-order valence-electron chi connectivity index (χ4n) is 2.23. The normalized spacial score (nSPS) is 10.6. The first-order valence-corrected chi connectivity index (χ1v) is 8.60. The fraction of sp³-hybridized carbons (Fsp3) is 0.111. The molecule has 0 radical (unpaired) electrons. The van der Waals surface area contributed by atoms with Gasteiger partial charge in [-0.1, -0.05) is 17.7 Å². The maximum absolute atomic E-state index is 13.7. The molecule has 3 rings (SSSR count). The van der Waals surface area contributed by atoms with E-state index in [9.17, 15) is 14.0 Å². The maximum Gasteiger partial charge on any atom is 0.238 e. The quantitative estimate of drug-likeness (QED) is 0.654. The Morgan fingerprint density at radius 1 is 1.16 bits per heavy atom. The number of carbonyl (C=O) groups is 2. The Kier molecular flexibility index (Phi) is 5.31. The van der Waals surface area contributed by atoms with Gasteiger partial charge >= 0.3 is 0 Å². The second-order valence-corrected chi connectivity index (χ2v) is 6.80. The smallest absolute Gasteiger partial charge is 0.238 e. The molecule has 0 spiro atoms. The van der Waals surface area contributed by atoms with Crippen LogP contribution in [0.2, 0.25) is 5.02 Å². The molecule has 0 unspecified atom stereocenters. The standard InChI is InChI=1S/C18H13ClFNO3S/c19-13-3-1-4-14(20)12(13)9-17(22)21-10-11-6-7-16(25-11)18(23)15-5-2-8-24-15/h1-8H,9-10H2,(H,21,22). The van der Waals surface area contributed by atoms with Gasteiger partial charge in [0.1, 0.15) is 5.82 Å². The van der Waals surface area contributed by atoms with E-state index in [0.717, 1.165) is 4.88 Å². The van der Waals surface area contributed by atoms with Gasteiger partial charge in [-0.15, -0.1) is 11.3 Å². The van der Waals surface area contributed by atoms with Crippen molar-refractivity contribution in [1.29, 1.82) is 0 Å². The van der Waals surface area contributed by atoms with Crippen LogP contribution in [0.4, 0.5) is 4.39 Å². The Bertz CT molecular complexity index is 885. The Morgan fingerprint density at radius 2 is 2.00 bits per heavy atom. The van der Waals surface area contributed by atoms with Crippen molar-refractivity contribution >= 4 is 34.6 Å². The van der Waals surface area contributed by atoms with Gasteiger partial charge in [0.25, 0.3) is 0 Å². The van der Waals surface area contributed by atoms with Crippen molar-refractivity contribution in [2.24, 2.45) is 0 Å². The van der Waals surface area contributed by atoms with E-state index in [2.05, 4.69) is 5.32 Å². The van der Waals surface area contributed by atoms with Crippen molar-refractivity contribution in [3.05, 3.63) is 80.6 Å². The monoisotopic (exact) mass is 377 g/mol. The van der Waals surface area contributed by atoms with Crippen LogP contribution in [0.25, 0.3) is 0 Å². The molecular weight excluding hydrogens is 365 g/mol. The minimum absolute atomic E-state index is 0.144. The second kappa shape index (κ2) is 7.63. The molecule has 1 aromatic carbocycles. The second-order valence-electron chi connectivity index (χ2n) is 5.23. The zero-order valence-corrected chi connectivity index (χ0v) is 14.5. The molecule has 3 aromatic rings. The van der Waals surface area contributed by atoms with Gasteiger partial charge < -0.3 is 9.73 Å². The molecule has 128 valence electrons. The van der Waals surface area contributed by atoms with E-state index in [1.165, 1.54) is 29.7 Å². The SMILES string of the molecule is O=C(Cc1c(F)cccc1Cl)NCc1ccc(C(=O)c2ccco2)s1. The van der Waals surface area contributed by atoms with E-state index in [4.69, 9.17) is 16.0 Å². The maximum atomic E-state index is 13.7. The number of nitrogens with one attached hydrogen (secondary N) is 1. The molecule has 0 saturated heterocycles. The molecule has 1 amide bonds. The van der Waals surface area contributed by atoms with Gasteiger partial charge in [-0.05, 0) is 36.4 Å². The highest BCUT2D eigenvalue weighted by atomic mass is 35.5. The topological polar surface area (TPSA) is 59.3 Å². The molecule has 1 N–H and O–H groups in total. The minimum Gasteiger partial charge on any atom is -0.461 e. The summed E-state index contributed by atoms with van der Waals surface area (Å²) in [5.41, 5.74) is 0.168. The van der Waals surface area contributed by atoms with Crippen molar-refractivity contribution in [1.82, 2.24) is 5.32 Å². The van der Waals surface area contributed by atoms with E-state index in [-0.39, 0.29) is 41.0 Å². The third-order valence-corrected chi connectivity index (χ3v) is 4.93. The Morgan fingerprint density at radius 3 is 2.72 bits per heavy atom. The van der Waals surface area contributed by atoms with Crippen LogP contribution in [0.15, 0.2) is 53.1 Å². The van der Waals surface area contributed by atoms with Crippen molar-refractivity contribution in [2.75, 3.05) is 0 Å². The van der Waals surface area contributed by atoms with Crippen molar-refractivity contribution in [2.45, 2.75) is 13.0 Å².